The van der Waals surface area contributed by atoms with Crippen molar-refractivity contribution in [2.45, 2.75) is 19.4 Å². The molecule has 0 saturated heterocycles. The number of hydrogen-bond donors (Lipinski definition) is 0. The number of carbonyl (C=O) groups is 1. The molecule has 31 heavy (non-hydrogen) atoms. The molecule has 0 bridgehead atoms. The van der Waals surface area contributed by atoms with Crippen LogP contribution in [0.1, 0.15) is 28.0 Å². The van der Waals surface area contributed by atoms with Crippen LogP contribution >= 0.6 is 11.6 Å². The number of anilines is 1. The van der Waals surface area contributed by atoms with Gasteiger partial charge in [0, 0.05) is 22.6 Å². The Kier molecular flexibility index (Phi) is 5.04. The van der Waals surface area contributed by atoms with Gasteiger partial charge in [-0.3, -0.25) is 9.59 Å². The Hall–Kier alpha value is -3.44. The zero-order valence-corrected chi connectivity index (χ0v) is 17.5. The lowest BCUT2D eigenvalue weighted by Crippen LogP contribution is -2.37. The number of fused-ring (bicyclic) bond motifs is 2. The molecule has 0 spiro atoms. The predicted molar refractivity (Wildman–Crippen MR) is 123 cm³/mol. The van der Waals surface area contributed by atoms with Crippen LogP contribution < -0.4 is 10.5 Å². The van der Waals surface area contributed by atoms with E-state index in [1.807, 2.05) is 42.5 Å². The maximum Gasteiger partial charge on any atom is 0.279 e. The van der Waals surface area contributed by atoms with Gasteiger partial charge in [-0.15, -0.1) is 0 Å². The summed E-state index contributed by atoms with van der Waals surface area (Å²) in [5.74, 6) is -0.198. The minimum atomic E-state index is -0.244. The summed E-state index contributed by atoms with van der Waals surface area (Å²) in [6.45, 7) is 0.815. The fourth-order valence-corrected chi connectivity index (χ4v) is 4.36. The number of halogens is 1. The summed E-state index contributed by atoms with van der Waals surface area (Å²) in [5, 5.41) is 6.13. The van der Waals surface area contributed by atoms with Gasteiger partial charge in [-0.05, 0) is 42.2 Å². The van der Waals surface area contributed by atoms with Crippen molar-refractivity contribution in [1.82, 2.24) is 9.78 Å². The molecule has 0 saturated carbocycles. The number of aryl methyl sites for hydroxylation is 1. The number of hydrogen-bond acceptors (Lipinski definition) is 3. The molecule has 2 heterocycles. The molecule has 6 heteroatoms. The lowest BCUT2D eigenvalue weighted by atomic mass is 10.0. The topological polar surface area (TPSA) is 55.2 Å². The SMILES string of the molecule is O=C(c1nn(Cc2ccccc2Cl)c(=O)c2ccccc12)N1CCCc2ccccc21. The largest absolute Gasteiger partial charge is 0.307 e. The summed E-state index contributed by atoms with van der Waals surface area (Å²) in [4.78, 5) is 28.6. The van der Waals surface area contributed by atoms with Crippen LogP contribution in [0.3, 0.4) is 0 Å². The average molecular weight is 430 g/mol. The van der Waals surface area contributed by atoms with Gasteiger partial charge in [0.25, 0.3) is 11.5 Å². The van der Waals surface area contributed by atoms with Crippen molar-refractivity contribution in [1.29, 1.82) is 0 Å². The van der Waals surface area contributed by atoms with Gasteiger partial charge in [0.05, 0.1) is 11.9 Å². The fourth-order valence-electron chi connectivity index (χ4n) is 4.16. The Labute approximate surface area is 184 Å². The molecule has 5 nitrogen and oxygen atoms in total. The van der Waals surface area contributed by atoms with Gasteiger partial charge < -0.3 is 4.90 Å². The number of para-hydroxylation sites is 1. The van der Waals surface area contributed by atoms with Crippen LogP contribution in [0.5, 0.6) is 0 Å². The van der Waals surface area contributed by atoms with E-state index in [0.717, 1.165) is 29.7 Å². The second-order valence-electron chi connectivity index (χ2n) is 7.64. The average Bonchev–Trinajstić information content (AvgIpc) is 2.81. The minimum absolute atomic E-state index is 0.195. The number of benzene rings is 3. The first kappa shape index (κ1) is 19.5. The van der Waals surface area contributed by atoms with E-state index in [9.17, 15) is 9.59 Å². The molecule has 3 aromatic carbocycles. The van der Waals surface area contributed by atoms with Crippen LogP contribution in [0.2, 0.25) is 5.02 Å². The Balaban J connectivity index is 1.65. The number of nitrogens with zero attached hydrogens (tertiary/aromatic N) is 3. The van der Waals surface area contributed by atoms with E-state index < -0.39 is 0 Å². The predicted octanol–water partition coefficient (Wildman–Crippen LogP) is 4.69. The highest BCUT2D eigenvalue weighted by Gasteiger charge is 2.27. The summed E-state index contributed by atoms with van der Waals surface area (Å²) in [5.41, 5.74) is 2.87. The number of aromatic nitrogens is 2. The van der Waals surface area contributed by atoms with Gasteiger partial charge in [-0.1, -0.05) is 66.2 Å². The number of amides is 1. The first-order valence-electron chi connectivity index (χ1n) is 10.3. The van der Waals surface area contributed by atoms with Crippen LogP contribution in [-0.2, 0) is 13.0 Å². The highest BCUT2D eigenvalue weighted by atomic mass is 35.5. The summed E-state index contributed by atoms with van der Waals surface area (Å²) in [6.07, 6.45) is 1.83. The molecular weight excluding hydrogens is 410 g/mol. The number of rotatable bonds is 3. The normalized spacial score (nSPS) is 13.3. The van der Waals surface area contributed by atoms with Crippen LogP contribution in [0.25, 0.3) is 10.8 Å². The van der Waals surface area contributed by atoms with Crippen LogP contribution in [-0.4, -0.2) is 22.2 Å². The molecule has 0 atom stereocenters. The molecular formula is C25H20ClN3O2. The standard InChI is InChI=1S/C25H20ClN3O2/c26-21-13-5-1-9-18(21)16-29-24(30)20-12-4-3-11-19(20)23(27-29)25(31)28-15-7-10-17-8-2-6-14-22(17)28/h1-6,8-9,11-14H,7,10,15-16H2. The third kappa shape index (κ3) is 3.51. The molecule has 0 aliphatic carbocycles. The van der Waals surface area contributed by atoms with E-state index in [4.69, 9.17) is 11.6 Å². The smallest absolute Gasteiger partial charge is 0.279 e. The summed E-state index contributed by atoms with van der Waals surface area (Å²) in [7, 11) is 0. The quantitative estimate of drug-likeness (QED) is 0.474. The molecule has 0 fully saturated rings. The van der Waals surface area contributed by atoms with E-state index in [1.165, 1.54) is 4.68 Å². The van der Waals surface area contributed by atoms with E-state index in [2.05, 4.69) is 11.2 Å². The maximum absolute atomic E-state index is 13.7. The number of carbonyl (C=O) groups excluding carboxylic acids is 1. The molecule has 0 radical (unpaired) electrons. The molecule has 1 aromatic heterocycles. The van der Waals surface area contributed by atoms with Crippen LogP contribution in [0.15, 0.2) is 77.6 Å². The Bertz CT molecular complexity index is 1360. The second kappa shape index (κ2) is 8.00. The van der Waals surface area contributed by atoms with Crippen molar-refractivity contribution in [3.8, 4) is 0 Å². The lowest BCUT2D eigenvalue weighted by molar-refractivity contribution is 0.0980. The van der Waals surface area contributed by atoms with Crippen LogP contribution in [0, 0.1) is 0 Å². The summed E-state index contributed by atoms with van der Waals surface area (Å²) < 4.78 is 1.34. The summed E-state index contributed by atoms with van der Waals surface area (Å²) >= 11 is 6.31. The zero-order chi connectivity index (χ0) is 21.4. The van der Waals surface area contributed by atoms with Crippen molar-refractivity contribution < 1.29 is 4.79 Å². The Morgan fingerprint density at radius 1 is 0.935 bits per heavy atom. The molecule has 0 N–H and O–H groups in total. The minimum Gasteiger partial charge on any atom is -0.307 e. The zero-order valence-electron chi connectivity index (χ0n) is 16.8. The van der Waals surface area contributed by atoms with Gasteiger partial charge in [-0.2, -0.15) is 5.10 Å². The Morgan fingerprint density at radius 2 is 1.65 bits per heavy atom. The molecule has 4 aromatic rings. The third-order valence-electron chi connectivity index (χ3n) is 5.70. The maximum atomic E-state index is 13.7. The molecule has 1 aliphatic heterocycles. The van der Waals surface area contributed by atoms with Gasteiger partial charge in [0.2, 0.25) is 0 Å². The van der Waals surface area contributed by atoms with Gasteiger partial charge in [0.1, 0.15) is 0 Å². The van der Waals surface area contributed by atoms with Gasteiger partial charge in [-0.25, -0.2) is 4.68 Å². The summed E-state index contributed by atoms with van der Waals surface area (Å²) in [6, 6.07) is 22.4. The highest BCUT2D eigenvalue weighted by molar-refractivity contribution is 6.31. The first-order chi connectivity index (χ1) is 15.1. The van der Waals surface area contributed by atoms with Crippen molar-refractivity contribution in [3.05, 3.63) is 105 Å². The molecule has 1 amide bonds. The van der Waals surface area contributed by atoms with E-state index in [0.29, 0.717) is 22.3 Å². The van der Waals surface area contributed by atoms with Crippen molar-refractivity contribution >= 4 is 34.0 Å². The molecule has 0 unspecified atom stereocenters. The fraction of sp³-hybridized carbons (Fsp3) is 0.160. The van der Waals surface area contributed by atoms with E-state index >= 15 is 0 Å². The highest BCUT2D eigenvalue weighted by Crippen LogP contribution is 2.29. The van der Waals surface area contributed by atoms with Crippen molar-refractivity contribution in [3.63, 3.8) is 0 Å². The first-order valence-corrected chi connectivity index (χ1v) is 10.6. The van der Waals surface area contributed by atoms with Crippen LogP contribution in [0.4, 0.5) is 5.69 Å². The molecule has 1 aliphatic rings. The van der Waals surface area contributed by atoms with Gasteiger partial charge in [0.15, 0.2) is 5.69 Å². The van der Waals surface area contributed by atoms with E-state index in [-0.39, 0.29) is 23.7 Å². The molecule has 5 rings (SSSR count). The monoisotopic (exact) mass is 429 g/mol. The Morgan fingerprint density at radius 3 is 2.48 bits per heavy atom. The van der Waals surface area contributed by atoms with E-state index in [1.54, 1.807) is 29.2 Å². The van der Waals surface area contributed by atoms with Crippen molar-refractivity contribution in [2.24, 2.45) is 0 Å². The second-order valence-corrected chi connectivity index (χ2v) is 8.04. The van der Waals surface area contributed by atoms with Gasteiger partial charge >= 0.3 is 0 Å². The lowest BCUT2D eigenvalue weighted by Gasteiger charge is -2.29. The van der Waals surface area contributed by atoms with Crippen molar-refractivity contribution in [2.75, 3.05) is 11.4 Å². The third-order valence-corrected chi connectivity index (χ3v) is 6.07. The molecule has 154 valence electrons.